The van der Waals surface area contributed by atoms with Gasteiger partial charge in [-0.05, 0) is 39.3 Å². The van der Waals surface area contributed by atoms with Crippen molar-refractivity contribution in [3.63, 3.8) is 0 Å². The monoisotopic (exact) mass is 626 g/mol. The van der Waals surface area contributed by atoms with Gasteiger partial charge in [-0.25, -0.2) is 23.7 Å². The predicted octanol–water partition coefficient (Wildman–Crippen LogP) is 3.07. The number of carbonyl (C=O) groups excluding carboxylic acids is 1. The third kappa shape index (κ3) is 8.33. The molecule has 236 valence electrons. The predicted molar refractivity (Wildman–Crippen MR) is 153 cm³/mol. The standard InChI is InChI=1S/C27H36FN4O10P/c1-6-10-23(34)38-17-32-22(33)13-14-31(26(32)35)25-27(5,28)24(30-36)21(41-25)16-39-42-43(37,20-11-8-7-9-12-20)29-15-19(4)40-18(2)3/h7-9,11-14,18,21,24-25H,4,6,10,15-17H2,1-3,5H3,(H,29,37). The molecule has 2 heterocycles. The number of hydrogen-bond donors (Lipinski definition) is 1. The Kier molecular flexibility index (Phi) is 11.7. The zero-order chi connectivity index (χ0) is 31.8. The third-order valence-corrected chi connectivity index (χ3v) is 8.23. The van der Waals surface area contributed by atoms with E-state index in [1.807, 2.05) is 0 Å². The van der Waals surface area contributed by atoms with Crippen LogP contribution in [0.5, 0.6) is 0 Å². The lowest BCUT2D eigenvalue weighted by Crippen LogP contribution is -2.46. The zero-order valence-electron chi connectivity index (χ0n) is 24.3. The largest absolute Gasteiger partial charge is 0.495 e. The summed E-state index contributed by atoms with van der Waals surface area (Å²) in [5, 5.41) is 5.83. The van der Waals surface area contributed by atoms with Crippen LogP contribution in [0.15, 0.2) is 69.7 Å². The van der Waals surface area contributed by atoms with E-state index >= 15 is 4.39 Å². The minimum Gasteiger partial charge on any atom is -0.495 e. The van der Waals surface area contributed by atoms with Crippen molar-refractivity contribution in [2.45, 2.75) is 77.4 Å². The topological polar surface area (TPSA) is 166 Å². The molecule has 2 aromatic rings. The van der Waals surface area contributed by atoms with Gasteiger partial charge in [-0.2, -0.15) is 9.58 Å². The Morgan fingerprint density at radius 2 is 1.95 bits per heavy atom. The molecule has 0 saturated carbocycles. The Hall–Kier alpha value is -3.49. The lowest BCUT2D eigenvalue weighted by Gasteiger charge is -2.24. The van der Waals surface area contributed by atoms with Crippen LogP contribution >= 0.6 is 7.52 Å². The van der Waals surface area contributed by atoms with Crippen molar-refractivity contribution >= 4 is 18.8 Å². The van der Waals surface area contributed by atoms with Gasteiger partial charge in [-0.1, -0.05) is 36.9 Å². The Morgan fingerprint density at radius 1 is 1.26 bits per heavy atom. The molecule has 1 N–H and O–H groups in total. The van der Waals surface area contributed by atoms with Gasteiger partial charge in [0.05, 0.1) is 18.0 Å². The van der Waals surface area contributed by atoms with Crippen LogP contribution in [0.2, 0.25) is 0 Å². The van der Waals surface area contributed by atoms with Crippen LogP contribution < -0.4 is 21.6 Å². The van der Waals surface area contributed by atoms with Crippen molar-refractivity contribution in [3.8, 4) is 0 Å². The van der Waals surface area contributed by atoms with Gasteiger partial charge in [0.15, 0.2) is 24.7 Å². The maximum absolute atomic E-state index is 16.0. The second-order valence-corrected chi connectivity index (χ2v) is 12.3. The summed E-state index contributed by atoms with van der Waals surface area (Å²) in [6.07, 6.45) is -1.72. The molecule has 0 radical (unpaired) electrons. The molecule has 1 aliphatic rings. The summed E-state index contributed by atoms with van der Waals surface area (Å²) in [4.78, 5) is 54.1. The molecule has 14 nitrogen and oxygen atoms in total. The van der Waals surface area contributed by atoms with E-state index in [0.717, 1.165) is 23.8 Å². The number of rotatable bonds is 16. The Bertz CT molecular complexity index is 1450. The summed E-state index contributed by atoms with van der Waals surface area (Å²) in [5.74, 6) is -0.333. The molecule has 3 rings (SSSR count). The van der Waals surface area contributed by atoms with E-state index in [0.29, 0.717) is 16.7 Å². The van der Waals surface area contributed by atoms with Gasteiger partial charge in [0, 0.05) is 18.7 Å². The highest BCUT2D eigenvalue weighted by Crippen LogP contribution is 2.44. The van der Waals surface area contributed by atoms with Crippen molar-refractivity contribution in [2.24, 2.45) is 5.18 Å². The SMILES string of the molecule is C=C(CNP(=O)(OOCC1OC(n2ccc(=O)n(COC(=O)CCC)c2=O)C(C)(F)C1N=O)c1ccccc1)OC(C)C. The summed E-state index contributed by atoms with van der Waals surface area (Å²) >= 11 is 0. The summed E-state index contributed by atoms with van der Waals surface area (Å²) in [6, 6.07) is 7.34. The second kappa shape index (κ2) is 14.8. The number of ether oxygens (including phenoxy) is 3. The first-order chi connectivity index (χ1) is 20.3. The quantitative estimate of drug-likeness (QED) is 0.0727. The maximum Gasteiger partial charge on any atom is 0.336 e. The van der Waals surface area contributed by atoms with Gasteiger partial charge in [0.2, 0.25) is 0 Å². The first kappa shape index (κ1) is 34.0. The number of benzene rings is 1. The van der Waals surface area contributed by atoms with Gasteiger partial charge in [-0.15, -0.1) is 0 Å². The number of aromatic nitrogens is 2. The van der Waals surface area contributed by atoms with Crippen molar-refractivity contribution in [3.05, 3.63) is 80.7 Å². The van der Waals surface area contributed by atoms with E-state index in [2.05, 4.69) is 16.8 Å². The molecule has 0 bridgehead atoms. The second-order valence-electron chi connectivity index (χ2n) is 10.2. The zero-order valence-corrected chi connectivity index (χ0v) is 25.2. The molecule has 1 aromatic heterocycles. The number of hydrogen-bond acceptors (Lipinski definition) is 11. The van der Waals surface area contributed by atoms with Gasteiger partial charge in [-0.3, -0.25) is 18.7 Å². The molecule has 16 heteroatoms. The first-order valence-corrected chi connectivity index (χ1v) is 15.2. The number of nitrogens with one attached hydrogen (secondary N) is 1. The van der Waals surface area contributed by atoms with Crippen molar-refractivity contribution in [1.82, 2.24) is 14.2 Å². The third-order valence-electron chi connectivity index (χ3n) is 6.36. The van der Waals surface area contributed by atoms with Crippen molar-refractivity contribution in [2.75, 3.05) is 13.2 Å². The van der Waals surface area contributed by atoms with Crippen LogP contribution in [-0.4, -0.2) is 52.2 Å². The molecular formula is C27H36FN4O10P. The Labute approximate surface area is 247 Å². The number of halogens is 1. The number of esters is 1. The highest BCUT2D eigenvalue weighted by atomic mass is 31.2. The summed E-state index contributed by atoms with van der Waals surface area (Å²) in [5.41, 5.74) is -4.41. The summed E-state index contributed by atoms with van der Waals surface area (Å²) in [6.45, 7) is 8.77. The Morgan fingerprint density at radius 3 is 2.58 bits per heavy atom. The van der Waals surface area contributed by atoms with Gasteiger partial charge >= 0.3 is 19.2 Å². The molecule has 0 amide bonds. The molecule has 0 spiro atoms. The van der Waals surface area contributed by atoms with Crippen LogP contribution in [-0.2, 0) is 39.9 Å². The minimum atomic E-state index is -3.91. The fraction of sp³-hybridized carbons (Fsp3) is 0.519. The fourth-order valence-electron chi connectivity index (χ4n) is 4.29. The van der Waals surface area contributed by atoms with Gasteiger partial charge in [0.25, 0.3) is 5.56 Å². The molecule has 5 unspecified atom stereocenters. The van der Waals surface area contributed by atoms with Crippen LogP contribution in [0.3, 0.4) is 0 Å². The minimum absolute atomic E-state index is 0.0524. The van der Waals surface area contributed by atoms with E-state index in [1.54, 1.807) is 51.1 Å². The van der Waals surface area contributed by atoms with Crippen LogP contribution in [0.4, 0.5) is 4.39 Å². The van der Waals surface area contributed by atoms with E-state index in [-0.39, 0.29) is 24.4 Å². The molecule has 0 aliphatic carbocycles. The summed E-state index contributed by atoms with van der Waals surface area (Å²) in [7, 11) is -3.91. The molecule has 1 aliphatic heterocycles. The average molecular weight is 627 g/mol. The molecule has 5 atom stereocenters. The maximum atomic E-state index is 16.0. The number of alkyl halides is 1. The Balaban J connectivity index is 1.78. The van der Waals surface area contributed by atoms with Crippen LogP contribution in [0, 0.1) is 4.91 Å². The number of nitroso groups, excluding NO2 is 1. The summed E-state index contributed by atoms with van der Waals surface area (Å²) < 4.78 is 52.5. The fourth-order valence-corrected chi connectivity index (χ4v) is 5.77. The highest BCUT2D eigenvalue weighted by molar-refractivity contribution is 7.64. The normalized spacial score (nSPS) is 23.1. The van der Waals surface area contributed by atoms with E-state index in [1.165, 1.54) is 0 Å². The lowest BCUT2D eigenvalue weighted by molar-refractivity contribution is -0.228. The van der Waals surface area contributed by atoms with Crippen molar-refractivity contribution in [1.29, 1.82) is 0 Å². The van der Waals surface area contributed by atoms with E-state index in [9.17, 15) is 23.9 Å². The molecule has 1 saturated heterocycles. The van der Waals surface area contributed by atoms with E-state index in [4.69, 9.17) is 23.8 Å². The lowest BCUT2D eigenvalue weighted by atomic mass is 9.96. The molecule has 1 fully saturated rings. The highest BCUT2D eigenvalue weighted by Gasteiger charge is 2.57. The number of carbonyl (C=O) groups is 1. The number of nitrogens with zero attached hydrogens (tertiary/aromatic N) is 3. The molecule has 1 aromatic carbocycles. The molecule has 43 heavy (non-hydrogen) atoms. The van der Waals surface area contributed by atoms with Gasteiger partial charge in [0.1, 0.15) is 18.5 Å². The molecular weight excluding hydrogens is 590 g/mol. The van der Waals surface area contributed by atoms with Gasteiger partial charge < -0.3 is 14.2 Å². The first-order valence-electron chi connectivity index (χ1n) is 13.5. The smallest absolute Gasteiger partial charge is 0.336 e. The van der Waals surface area contributed by atoms with Crippen LogP contribution in [0.25, 0.3) is 0 Å². The average Bonchev–Trinajstić information content (AvgIpc) is 3.20. The van der Waals surface area contributed by atoms with Crippen molar-refractivity contribution < 1.29 is 37.5 Å². The van der Waals surface area contributed by atoms with E-state index < -0.39 is 62.1 Å². The van der Waals surface area contributed by atoms with Crippen LogP contribution in [0.1, 0.15) is 46.8 Å².